The lowest BCUT2D eigenvalue weighted by Gasteiger charge is -2.45. The van der Waals surface area contributed by atoms with E-state index in [1.807, 2.05) is 54.6 Å². The number of hydrogen-bond acceptors (Lipinski definition) is 5. The molecule has 2 aromatic carbocycles. The molecular formula is C25H19F2N5. The minimum Gasteiger partial charge on any atom is -0.399 e. The minimum atomic E-state index is -1.96. The minimum absolute atomic E-state index is 0.0342. The second-order valence-electron chi connectivity index (χ2n) is 8.02. The molecule has 1 aliphatic heterocycles. The first-order chi connectivity index (χ1) is 15.4. The predicted molar refractivity (Wildman–Crippen MR) is 113 cm³/mol. The summed E-state index contributed by atoms with van der Waals surface area (Å²) in [6, 6.07) is 18.9. The molecule has 2 aromatic rings. The fraction of sp³-hybridized carbons (Fsp3) is 0.240. The summed E-state index contributed by atoms with van der Waals surface area (Å²) < 4.78 is 28.6. The second kappa shape index (κ2) is 8.27. The van der Waals surface area contributed by atoms with E-state index in [0.29, 0.717) is 25.2 Å². The highest BCUT2D eigenvalue weighted by Gasteiger charge is 2.55. The van der Waals surface area contributed by atoms with Gasteiger partial charge in [-0.3, -0.25) is 4.90 Å². The second-order valence-corrected chi connectivity index (χ2v) is 8.02. The average Bonchev–Trinajstić information content (AvgIpc) is 2.80. The Hall–Kier alpha value is -3.99. The molecule has 0 saturated carbocycles. The Balaban J connectivity index is 1.88. The molecule has 0 fully saturated rings. The number of hydrogen-bond donors (Lipinski definition) is 1. The summed E-state index contributed by atoms with van der Waals surface area (Å²) in [5, 5.41) is 29.9. The Morgan fingerprint density at radius 2 is 1.78 bits per heavy atom. The lowest BCUT2D eigenvalue weighted by molar-refractivity contribution is 0.199. The summed E-state index contributed by atoms with van der Waals surface area (Å²) in [7, 11) is 0. The Morgan fingerprint density at radius 1 is 1.06 bits per heavy atom. The van der Waals surface area contributed by atoms with E-state index in [2.05, 4.69) is 4.90 Å². The molecule has 2 unspecified atom stereocenters. The van der Waals surface area contributed by atoms with Gasteiger partial charge in [-0.15, -0.1) is 0 Å². The summed E-state index contributed by atoms with van der Waals surface area (Å²) in [5.74, 6) is -3.15. The summed E-state index contributed by atoms with van der Waals surface area (Å²) in [4.78, 5) is 2.11. The van der Waals surface area contributed by atoms with Crippen molar-refractivity contribution in [3.63, 3.8) is 0 Å². The number of fused-ring (bicyclic) bond motifs is 1. The molecule has 2 N–H and O–H groups in total. The van der Waals surface area contributed by atoms with Crippen molar-refractivity contribution in [2.24, 2.45) is 17.1 Å². The number of nitrogens with zero attached hydrogens (tertiary/aromatic N) is 4. The van der Waals surface area contributed by atoms with Gasteiger partial charge in [0.2, 0.25) is 0 Å². The van der Waals surface area contributed by atoms with E-state index < -0.39 is 28.9 Å². The van der Waals surface area contributed by atoms with Gasteiger partial charge in [0.15, 0.2) is 5.41 Å². The topological polar surface area (TPSA) is 101 Å². The number of nitriles is 3. The standard InChI is InChI=1S/C25H19F2N5/c26-17-6-7-19(22(27)10-17)23-21-13-32(12-16-4-2-1-3-5-16)9-8-18(21)20(11-28)24(31)25(23,14-29)15-30/h1-8,10,21,23H,9,12-13,31H2. The lowest BCUT2D eigenvalue weighted by atomic mass is 9.58. The molecule has 0 radical (unpaired) electrons. The van der Waals surface area contributed by atoms with Crippen LogP contribution in [0.2, 0.25) is 0 Å². The number of halogens is 2. The van der Waals surface area contributed by atoms with E-state index in [0.717, 1.165) is 17.7 Å². The SMILES string of the molecule is N#CC1=C(N)C(C#N)(C#N)C(c2ccc(F)cc2F)C2CN(Cc3ccccc3)CC=C12. The molecule has 1 aliphatic carbocycles. The first kappa shape index (κ1) is 21.2. The smallest absolute Gasteiger partial charge is 0.191 e. The van der Waals surface area contributed by atoms with E-state index in [-0.39, 0.29) is 16.8 Å². The molecule has 32 heavy (non-hydrogen) atoms. The normalized spacial score (nSPS) is 22.2. The summed E-state index contributed by atoms with van der Waals surface area (Å²) in [5.41, 5.74) is 5.89. The number of nitrogens with two attached hydrogens (primary N) is 1. The fourth-order valence-electron chi connectivity index (χ4n) is 4.81. The van der Waals surface area contributed by atoms with Gasteiger partial charge < -0.3 is 5.73 Å². The van der Waals surface area contributed by atoms with Crippen molar-refractivity contribution >= 4 is 0 Å². The number of allylic oxidation sites excluding steroid dienone is 2. The maximum absolute atomic E-state index is 14.9. The van der Waals surface area contributed by atoms with E-state index in [1.54, 1.807) is 0 Å². The first-order valence-electron chi connectivity index (χ1n) is 10.1. The van der Waals surface area contributed by atoms with Crippen LogP contribution in [0.15, 0.2) is 71.5 Å². The molecule has 2 atom stereocenters. The van der Waals surface area contributed by atoms with Crippen LogP contribution in [0.25, 0.3) is 0 Å². The lowest BCUT2D eigenvalue weighted by Crippen LogP contribution is -2.48. The highest BCUT2D eigenvalue weighted by atomic mass is 19.1. The van der Waals surface area contributed by atoms with Crippen molar-refractivity contribution < 1.29 is 8.78 Å². The average molecular weight is 427 g/mol. The van der Waals surface area contributed by atoms with Gasteiger partial charge in [0, 0.05) is 37.5 Å². The number of rotatable bonds is 3. The fourth-order valence-corrected chi connectivity index (χ4v) is 4.81. The zero-order valence-corrected chi connectivity index (χ0v) is 17.1. The molecule has 0 aromatic heterocycles. The van der Waals surface area contributed by atoms with Gasteiger partial charge in [-0.1, -0.05) is 42.5 Å². The van der Waals surface area contributed by atoms with Gasteiger partial charge in [0.1, 0.15) is 17.7 Å². The highest BCUT2D eigenvalue weighted by molar-refractivity contribution is 5.59. The van der Waals surface area contributed by atoms with Crippen LogP contribution >= 0.6 is 0 Å². The Kier molecular flexibility index (Phi) is 5.49. The van der Waals surface area contributed by atoms with Crippen LogP contribution in [-0.4, -0.2) is 18.0 Å². The van der Waals surface area contributed by atoms with Crippen molar-refractivity contribution in [3.05, 3.63) is 94.2 Å². The van der Waals surface area contributed by atoms with Gasteiger partial charge in [-0.2, -0.15) is 15.8 Å². The van der Waals surface area contributed by atoms with Crippen LogP contribution in [0.5, 0.6) is 0 Å². The third kappa shape index (κ3) is 3.32. The molecule has 4 rings (SSSR count). The van der Waals surface area contributed by atoms with Gasteiger partial charge in [-0.25, -0.2) is 8.78 Å². The first-order valence-corrected chi connectivity index (χ1v) is 10.1. The number of benzene rings is 2. The van der Waals surface area contributed by atoms with Crippen LogP contribution in [-0.2, 0) is 6.54 Å². The molecule has 1 heterocycles. The Labute approximate surface area is 184 Å². The zero-order chi connectivity index (χ0) is 22.9. The van der Waals surface area contributed by atoms with E-state index >= 15 is 0 Å². The molecule has 0 amide bonds. The molecule has 5 nitrogen and oxygen atoms in total. The highest BCUT2D eigenvalue weighted by Crippen LogP contribution is 2.54. The molecule has 7 heteroatoms. The van der Waals surface area contributed by atoms with Crippen molar-refractivity contribution in [2.45, 2.75) is 12.5 Å². The van der Waals surface area contributed by atoms with Crippen LogP contribution in [0, 0.1) is 57.0 Å². The molecule has 0 saturated heterocycles. The monoisotopic (exact) mass is 427 g/mol. The third-order valence-corrected chi connectivity index (χ3v) is 6.29. The van der Waals surface area contributed by atoms with Gasteiger partial charge >= 0.3 is 0 Å². The summed E-state index contributed by atoms with van der Waals surface area (Å²) in [6.45, 7) is 1.52. The largest absolute Gasteiger partial charge is 0.399 e. The maximum atomic E-state index is 14.9. The van der Waals surface area contributed by atoms with Crippen LogP contribution in [0.4, 0.5) is 8.78 Å². The van der Waals surface area contributed by atoms with E-state index in [4.69, 9.17) is 5.73 Å². The molecular weight excluding hydrogens is 408 g/mol. The Morgan fingerprint density at radius 3 is 2.41 bits per heavy atom. The van der Waals surface area contributed by atoms with Crippen LogP contribution < -0.4 is 5.73 Å². The van der Waals surface area contributed by atoms with Crippen molar-refractivity contribution in [1.29, 1.82) is 15.8 Å². The summed E-state index contributed by atoms with van der Waals surface area (Å²) >= 11 is 0. The summed E-state index contributed by atoms with van der Waals surface area (Å²) in [6.07, 6.45) is 1.86. The van der Waals surface area contributed by atoms with Gasteiger partial charge in [0.05, 0.1) is 23.4 Å². The van der Waals surface area contributed by atoms with Crippen molar-refractivity contribution in [3.8, 4) is 18.2 Å². The molecule has 158 valence electrons. The zero-order valence-electron chi connectivity index (χ0n) is 17.1. The van der Waals surface area contributed by atoms with Crippen molar-refractivity contribution in [1.82, 2.24) is 4.90 Å². The molecule has 0 spiro atoms. The Bertz CT molecular complexity index is 1230. The van der Waals surface area contributed by atoms with E-state index in [1.165, 1.54) is 6.07 Å². The molecule has 2 aliphatic rings. The molecule has 0 bridgehead atoms. The third-order valence-electron chi connectivity index (χ3n) is 6.29. The van der Waals surface area contributed by atoms with Gasteiger partial charge in [-0.05, 0) is 22.8 Å². The van der Waals surface area contributed by atoms with Crippen LogP contribution in [0.3, 0.4) is 0 Å². The maximum Gasteiger partial charge on any atom is 0.191 e. The quantitative estimate of drug-likeness (QED) is 0.801. The van der Waals surface area contributed by atoms with Gasteiger partial charge in [0.25, 0.3) is 0 Å². The van der Waals surface area contributed by atoms with Crippen LogP contribution in [0.1, 0.15) is 17.0 Å². The predicted octanol–water partition coefficient (Wildman–Crippen LogP) is 3.89. The van der Waals surface area contributed by atoms with E-state index in [9.17, 15) is 24.6 Å². The van der Waals surface area contributed by atoms with Crippen molar-refractivity contribution in [2.75, 3.05) is 13.1 Å².